The van der Waals surface area contributed by atoms with E-state index in [1.54, 1.807) is 12.1 Å². The first-order valence-electron chi connectivity index (χ1n) is 7.34. The zero-order chi connectivity index (χ0) is 15.8. The van der Waals surface area contributed by atoms with E-state index in [1.807, 2.05) is 32.9 Å². The highest BCUT2D eigenvalue weighted by Gasteiger charge is 2.18. The number of aryl methyl sites for hydroxylation is 1. The van der Waals surface area contributed by atoms with Gasteiger partial charge in [0.2, 0.25) is 0 Å². The van der Waals surface area contributed by atoms with Gasteiger partial charge in [-0.3, -0.25) is 9.59 Å². The Labute approximate surface area is 125 Å². The maximum Gasteiger partial charge on any atom is 0.313 e. The second-order valence-corrected chi connectivity index (χ2v) is 5.13. The third-order valence-electron chi connectivity index (χ3n) is 3.63. The highest BCUT2D eigenvalue weighted by atomic mass is 16.3. The van der Waals surface area contributed by atoms with Crippen LogP contribution in [0.3, 0.4) is 0 Å². The van der Waals surface area contributed by atoms with E-state index in [0.29, 0.717) is 5.69 Å². The molecular formula is C16H24N2O3. The van der Waals surface area contributed by atoms with Gasteiger partial charge in [0.25, 0.3) is 0 Å². The van der Waals surface area contributed by atoms with Crippen molar-refractivity contribution >= 4 is 17.5 Å². The molecule has 21 heavy (non-hydrogen) atoms. The first-order valence-corrected chi connectivity index (χ1v) is 7.34. The number of amides is 2. The molecule has 1 aromatic rings. The number of carbonyl (C=O) groups excluding carboxylic acids is 2. The van der Waals surface area contributed by atoms with E-state index in [9.17, 15) is 14.7 Å². The molecule has 1 aromatic carbocycles. The van der Waals surface area contributed by atoms with Crippen molar-refractivity contribution in [1.29, 1.82) is 0 Å². The molecule has 2 amide bonds. The van der Waals surface area contributed by atoms with Gasteiger partial charge in [-0.15, -0.1) is 0 Å². The lowest BCUT2D eigenvalue weighted by Gasteiger charge is -2.17. The Kier molecular flexibility index (Phi) is 6.88. The van der Waals surface area contributed by atoms with Crippen molar-refractivity contribution in [1.82, 2.24) is 5.32 Å². The number of hydrogen-bond donors (Lipinski definition) is 3. The lowest BCUT2D eigenvalue weighted by molar-refractivity contribution is -0.136. The van der Waals surface area contributed by atoms with Gasteiger partial charge in [0, 0.05) is 12.2 Å². The number of benzene rings is 1. The van der Waals surface area contributed by atoms with Crippen LogP contribution in [0.5, 0.6) is 0 Å². The Hall–Kier alpha value is -1.88. The minimum Gasteiger partial charge on any atom is -0.391 e. The average Bonchev–Trinajstić information content (AvgIpc) is 2.51. The molecule has 5 nitrogen and oxygen atoms in total. The lowest BCUT2D eigenvalue weighted by atomic mass is 10.0. The molecule has 0 spiro atoms. The van der Waals surface area contributed by atoms with Crippen molar-refractivity contribution in [2.45, 2.75) is 39.7 Å². The van der Waals surface area contributed by atoms with E-state index >= 15 is 0 Å². The summed E-state index contributed by atoms with van der Waals surface area (Å²) in [6.45, 7) is 5.92. The standard InChI is InChI=1S/C16H24N2O3/c1-4-11(3)14(19)10-17-15(20)16(21)18-13-9-7-6-8-12(13)5-2/h6-9,11,14,19H,4-5,10H2,1-3H3,(H,17,20)(H,18,21). The van der Waals surface area contributed by atoms with Crippen LogP contribution in [0.4, 0.5) is 5.69 Å². The maximum absolute atomic E-state index is 11.8. The molecule has 0 aromatic heterocycles. The molecule has 0 heterocycles. The van der Waals surface area contributed by atoms with E-state index < -0.39 is 17.9 Å². The van der Waals surface area contributed by atoms with E-state index in [-0.39, 0.29) is 12.5 Å². The van der Waals surface area contributed by atoms with E-state index in [0.717, 1.165) is 18.4 Å². The second-order valence-electron chi connectivity index (χ2n) is 5.13. The molecule has 0 radical (unpaired) electrons. The van der Waals surface area contributed by atoms with Crippen LogP contribution in [0.15, 0.2) is 24.3 Å². The van der Waals surface area contributed by atoms with Gasteiger partial charge in [-0.1, -0.05) is 45.4 Å². The first-order chi connectivity index (χ1) is 9.99. The molecular weight excluding hydrogens is 268 g/mol. The zero-order valence-corrected chi connectivity index (χ0v) is 12.8. The Morgan fingerprint density at radius 3 is 2.48 bits per heavy atom. The highest BCUT2D eigenvalue weighted by Crippen LogP contribution is 2.15. The number of hydrogen-bond acceptors (Lipinski definition) is 3. The van der Waals surface area contributed by atoms with Crippen LogP contribution in [0.2, 0.25) is 0 Å². The Balaban J connectivity index is 2.53. The van der Waals surface area contributed by atoms with Gasteiger partial charge in [-0.05, 0) is 24.0 Å². The van der Waals surface area contributed by atoms with E-state index in [2.05, 4.69) is 10.6 Å². The number of anilines is 1. The summed E-state index contributed by atoms with van der Waals surface area (Å²) in [5.74, 6) is -1.37. The molecule has 3 N–H and O–H groups in total. The largest absolute Gasteiger partial charge is 0.391 e. The number of aliphatic hydroxyl groups is 1. The van der Waals surface area contributed by atoms with Crippen molar-refractivity contribution in [3.8, 4) is 0 Å². The SMILES string of the molecule is CCc1ccccc1NC(=O)C(=O)NCC(O)C(C)CC. The number of rotatable bonds is 6. The van der Waals surface area contributed by atoms with Gasteiger partial charge in [-0.25, -0.2) is 0 Å². The van der Waals surface area contributed by atoms with Crippen LogP contribution in [-0.2, 0) is 16.0 Å². The maximum atomic E-state index is 11.8. The van der Waals surface area contributed by atoms with Gasteiger partial charge < -0.3 is 15.7 Å². The number of aliphatic hydroxyl groups excluding tert-OH is 1. The van der Waals surface area contributed by atoms with Crippen molar-refractivity contribution in [3.05, 3.63) is 29.8 Å². The summed E-state index contributed by atoms with van der Waals surface area (Å²) in [5.41, 5.74) is 1.61. The molecule has 0 aliphatic rings. The summed E-state index contributed by atoms with van der Waals surface area (Å²) >= 11 is 0. The Bertz CT molecular complexity index is 488. The molecule has 0 saturated carbocycles. The quantitative estimate of drug-likeness (QED) is 0.698. The van der Waals surface area contributed by atoms with Gasteiger partial charge in [-0.2, -0.15) is 0 Å². The molecule has 2 unspecified atom stereocenters. The van der Waals surface area contributed by atoms with Crippen LogP contribution in [-0.4, -0.2) is 29.6 Å². The van der Waals surface area contributed by atoms with Crippen LogP contribution in [0.25, 0.3) is 0 Å². The Morgan fingerprint density at radius 1 is 1.19 bits per heavy atom. The summed E-state index contributed by atoms with van der Waals surface area (Å²) in [7, 11) is 0. The summed E-state index contributed by atoms with van der Waals surface area (Å²) in [6.07, 6.45) is 0.937. The number of carbonyl (C=O) groups is 2. The third-order valence-corrected chi connectivity index (χ3v) is 3.63. The van der Waals surface area contributed by atoms with Gasteiger partial charge in [0.15, 0.2) is 0 Å². The third kappa shape index (κ3) is 5.19. The van der Waals surface area contributed by atoms with Crippen molar-refractivity contribution in [2.75, 3.05) is 11.9 Å². The smallest absolute Gasteiger partial charge is 0.313 e. The minimum atomic E-state index is -0.733. The van der Waals surface area contributed by atoms with Gasteiger partial charge >= 0.3 is 11.8 Å². The van der Waals surface area contributed by atoms with Crippen molar-refractivity contribution < 1.29 is 14.7 Å². The average molecular weight is 292 g/mol. The van der Waals surface area contributed by atoms with Crippen LogP contribution >= 0.6 is 0 Å². The van der Waals surface area contributed by atoms with Crippen LogP contribution in [0.1, 0.15) is 32.8 Å². The second kappa shape index (κ2) is 8.42. The summed E-state index contributed by atoms with van der Waals surface area (Å²) in [4.78, 5) is 23.6. The number of para-hydroxylation sites is 1. The minimum absolute atomic E-state index is 0.0779. The summed E-state index contributed by atoms with van der Waals surface area (Å²) < 4.78 is 0. The molecule has 1 rings (SSSR count). The highest BCUT2D eigenvalue weighted by molar-refractivity contribution is 6.39. The monoisotopic (exact) mass is 292 g/mol. The first kappa shape index (κ1) is 17.2. The van der Waals surface area contributed by atoms with Gasteiger partial charge in [0.05, 0.1) is 6.10 Å². The normalized spacial score (nSPS) is 13.3. The summed E-state index contributed by atoms with van der Waals surface area (Å²) in [5, 5.41) is 14.8. The molecule has 0 aliphatic carbocycles. The van der Waals surface area contributed by atoms with Crippen molar-refractivity contribution in [3.63, 3.8) is 0 Å². The topological polar surface area (TPSA) is 78.4 Å². The van der Waals surface area contributed by atoms with Gasteiger partial charge in [0.1, 0.15) is 0 Å². The molecule has 0 bridgehead atoms. The Morgan fingerprint density at radius 2 is 1.86 bits per heavy atom. The molecule has 0 aliphatic heterocycles. The molecule has 0 fully saturated rings. The molecule has 0 saturated heterocycles. The fraction of sp³-hybridized carbons (Fsp3) is 0.500. The zero-order valence-electron chi connectivity index (χ0n) is 12.8. The predicted molar refractivity (Wildman–Crippen MR) is 82.9 cm³/mol. The predicted octanol–water partition coefficient (Wildman–Crippen LogP) is 1.71. The van der Waals surface area contributed by atoms with Crippen LogP contribution in [0, 0.1) is 5.92 Å². The van der Waals surface area contributed by atoms with Crippen molar-refractivity contribution in [2.24, 2.45) is 5.92 Å². The summed E-state index contributed by atoms with van der Waals surface area (Å²) in [6, 6.07) is 7.36. The lowest BCUT2D eigenvalue weighted by Crippen LogP contribution is -2.41. The fourth-order valence-corrected chi connectivity index (χ4v) is 1.88. The van der Waals surface area contributed by atoms with E-state index in [4.69, 9.17) is 0 Å². The molecule has 116 valence electrons. The van der Waals surface area contributed by atoms with Crippen LogP contribution < -0.4 is 10.6 Å². The number of nitrogens with one attached hydrogen (secondary N) is 2. The fourth-order valence-electron chi connectivity index (χ4n) is 1.88. The molecule has 2 atom stereocenters. The van der Waals surface area contributed by atoms with E-state index in [1.165, 1.54) is 0 Å². The molecule has 5 heteroatoms.